The van der Waals surface area contributed by atoms with Crippen LogP contribution in [0.1, 0.15) is 69.5 Å². The molecular weight excluding hydrogens is 414 g/mol. The number of nitrogens with one attached hydrogen (secondary N) is 1. The minimum atomic E-state index is -0.558. The number of carbonyl (C=O) groups excluding carboxylic acids is 3. The fourth-order valence-corrected chi connectivity index (χ4v) is 4.99. The highest BCUT2D eigenvalue weighted by molar-refractivity contribution is 7.17. The van der Waals surface area contributed by atoms with Gasteiger partial charge in [-0.25, -0.2) is 9.59 Å². The molecule has 1 aromatic carbocycles. The molecule has 1 amide bonds. The number of aryl methyl sites for hydroxylation is 2. The van der Waals surface area contributed by atoms with Crippen LogP contribution < -0.4 is 5.32 Å². The highest BCUT2D eigenvalue weighted by Crippen LogP contribution is 2.40. The van der Waals surface area contributed by atoms with Gasteiger partial charge in [0.25, 0.3) is 5.91 Å². The molecule has 1 aromatic heterocycles. The summed E-state index contributed by atoms with van der Waals surface area (Å²) < 4.78 is 10.6. The number of hydrogen-bond acceptors (Lipinski definition) is 6. The largest absolute Gasteiger partial charge is 0.459 e. The van der Waals surface area contributed by atoms with Gasteiger partial charge < -0.3 is 14.8 Å². The Hall–Kier alpha value is -2.67. The lowest BCUT2D eigenvalue weighted by Gasteiger charge is -2.18. The first-order chi connectivity index (χ1) is 14.7. The van der Waals surface area contributed by atoms with E-state index in [1.165, 1.54) is 11.3 Å². The molecule has 0 radical (unpaired) electrons. The van der Waals surface area contributed by atoms with Gasteiger partial charge in [-0.05, 0) is 81.7 Å². The summed E-state index contributed by atoms with van der Waals surface area (Å²) in [5, 5.41) is 3.24. The number of hydrogen-bond donors (Lipinski definition) is 1. The molecule has 1 N–H and O–H groups in total. The molecule has 0 bridgehead atoms. The Morgan fingerprint density at radius 1 is 1.16 bits per heavy atom. The fraction of sp³-hybridized carbons (Fsp3) is 0.458. The highest BCUT2D eigenvalue weighted by atomic mass is 32.1. The van der Waals surface area contributed by atoms with Crippen molar-refractivity contribution < 1.29 is 23.9 Å². The summed E-state index contributed by atoms with van der Waals surface area (Å²) in [6.45, 7) is 9.21. The molecule has 0 spiro atoms. The minimum absolute atomic E-state index is 0.256. The van der Waals surface area contributed by atoms with Gasteiger partial charge in [-0.1, -0.05) is 13.0 Å². The van der Waals surface area contributed by atoms with Crippen LogP contribution in [0.2, 0.25) is 0 Å². The van der Waals surface area contributed by atoms with Crippen molar-refractivity contribution in [1.82, 2.24) is 0 Å². The summed E-state index contributed by atoms with van der Waals surface area (Å²) in [6, 6.07) is 5.26. The average Bonchev–Trinajstić information content (AvgIpc) is 3.04. The average molecular weight is 444 g/mol. The first-order valence-corrected chi connectivity index (χ1v) is 11.4. The van der Waals surface area contributed by atoms with Crippen LogP contribution in [0.5, 0.6) is 0 Å². The van der Waals surface area contributed by atoms with Crippen molar-refractivity contribution in [3.63, 3.8) is 0 Å². The number of amides is 1. The maximum atomic E-state index is 12.7. The lowest BCUT2D eigenvalue weighted by molar-refractivity contribution is -0.119. The van der Waals surface area contributed by atoms with Crippen LogP contribution in [0.3, 0.4) is 0 Å². The summed E-state index contributed by atoms with van der Waals surface area (Å²) in [6.07, 6.45) is 2.40. The minimum Gasteiger partial charge on any atom is -0.459 e. The van der Waals surface area contributed by atoms with E-state index in [0.29, 0.717) is 22.0 Å². The van der Waals surface area contributed by atoms with Gasteiger partial charge in [0.2, 0.25) is 0 Å². The van der Waals surface area contributed by atoms with E-state index in [0.717, 1.165) is 40.8 Å². The molecule has 31 heavy (non-hydrogen) atoms. The Balaban J connectivity index is 1.72. The van der Waals surface area contributed by atoms with E-state index < -0.39 is 24.5 Å². The molecule has 2 aromatic rings. The van der Waals surface area contributed by atoms with Crippen LogP contribution >= 0.6 is 11.3 Å². The molecule has 0 saturated heterocycles. The van der Waals surface area contributed by atoms with Crippen LogP contribution in [-0.4, -0.2) is 30.6 Å². The van der Waals surface area contributed by atoms with Gasteiger partial charge in [-0.2, -0.15) is 0 Å². The quantitative estimate of drug-likeness (QED) is 0.646. The maximum Gasteiger partial charge on any atom is 0.341 e. The number of benzene rings is 1. The summed E-state index contributed by atoms with van der Waals surface area (Å²) in [5.74, 6) is -0.938. The molecular formula is C24H29NO5S. The number of ether oxygens (including phenoxy) is 2. The van der Waals surface area contributed by atoms with Gasteiger partial charge in [-0.15, -0.1) is 11.3 Å². The summed E-state index contributed by atoms with van der Waals surface area (Å²) in [7, 11) is 0. The molecule has 1 heterocycles. The molecule has 7 heteroatoms. The molecule has 1 aliphatic rings. The monoisotopic (exact) mass is 443 g/mol. The third kappa shape index (κ3) is 5.53. The van der Waals surface area contributed by atoms with Crippen molar-refractivity contribution in [2.24, 2.45) is 5.92 Å². The third-order valence-electron chi connectivity index (χ3n) is 5.39. The second-order valence-electron chi connectivity index (χ2n) is 8.43. The Morgan fingerprint density at radius 2 is 1.90 bits per heavy atom. The predicted octanol–water partition coefficient (Wildman–Crippen LogP) is 4.85. The Labute approximate surface area is 186 Å². The molecule has 0 fully saturated rings. The smallest absolute Gasteiger partial charge is 0.341 e. The van der Waals surface area contributed by atoms with Crippen molar-refractivity contribution in [2.75, 3.05) is 11.9 Å². The van der Waals surface area contributed by atoms with Crippen LogP contribution in [0.4, 0.5) is 5.00 Å². The van der Waals surface area contributed by atoms with E-state index in [4.69, 9.17) is 9.47 Å². The van der Waals surface area contributed by atoms with Crippen molar-refractivity contribution in [2.45, 2.75) is 60.0 Å². The van der Waals surface area contributed by atoms with Crippen molar-refractivity contribution in [3.05, 3.63) is 50.9 Å². The van der Waals surface area contributed by atoms with E-state index in [9.17, 15) is 14.4 Å². The zero-order valence-corrected chi connectivity index (χ0v) is 19.5. The van der Waals surface area contributed by atoms with Crippen LogP contribution in [0, 0.1) is 19.8 Å². The third-order valence-corrected chi connectivity index (χ3v) is 6.56. The SMILES string of the molecule is Cc1ccc(C(=O)OCC(=O)Nc2sc3c(c2C(=O)OC(C)C)CCC(C)C3)cc1C. The van der Waals surface area contributed by atoms with E-state index in [-0.39, 0.29) is 6.10 Å². The van der Waals surface area contributed by atoms with Crippen LogP contribution in [0.15, 0.2) is 18.2 Å². The molecule has 6 nitrogen and oxygen atoms in total. The predicted molar refractivity (Wildman–Crippen MR) is 121 cm³/mol. The van der Waals surface area contributed by atoms with Gasteiger partial charge in [0.05, 0.1) is 17.2 Å². The van der Waals surface area contributed by atoms with Gasteiger partial charge in [-0.3, -0.25) is 4.79 Å². The van der Waals surface area contributed by atoms with Crippen molar-refractivity contribution in [1.29, 1.82) is 0 Å². The van der Waals surface area contributed by atoms with Gasteiger partial charge in [0.1, 0.15) is 5.00 Å². The fourth-order valence-electron chi connectivity index (χ4n) is 3.57. The number of anilines is 1. The summed E-state index contributed by atoms with van der Waals surface area (Å²) in [4.78, 5) is 38.6. The normalized spacial score (nSPS) is 15.4. The van der Waals surface area contributed by atoms with Gasteiger partial charge in [0.15, 0.2) is 6.61 Å². The number of carbonyl (C=O) groups is 3. The van der Waals surface area contributed by atoms with Crippen LogP contribution in [-0.2, 0) is 27.1 Å². The second kappa shape index (κ2) is 9.64. The lowest BCUT2D eigenvalue weighted by atomic mass is 9.88. The van der Waals surface area contributed by atoms with Gasteiger partial charge >= 0.3 is 11.9 Å². The molecule has 3 rings (SSSR count). The number of esters is 2. The Morgan fingerprint density at radius 3 is 2.58 bits per heavy atom. The van der Waals surface area contributed by atoms with E-state index >= 15 is 0 Å². The summed E-state index contributed by atoms with van der Waals surface area (Å²) in [5.41, 5.74) is 3.86. The first-order valence-electron chi connectivity index (χ1n) is 10.6. The zero-order valence-electron chi connectivity index (χ0n) is 18.7. The maximum absolute atomic E-state index is 12.7. The zero-order chi connectivity index (χ0) is 22.7. The number of thiophene rings is 1. The molecule has 1 aliphatic carbocycles. The Kier molecular flexibility index (Phi) is 7.15. The lowest BCUT2D eigenvalue weighted by Crippen LogP contribution is -2.22. The van der Waals surface area contributed by atoms with Gasteiger partial charge in [0, 0.05) is 4.88 Å². The topological polar surface area (TPSA) is 81.7 Å². The van der Waals surface area contributed by atoms with Crippen LogP contribution in [0.25, 0.3) is 0 Å². The first kappa shape index (κ1) is 23.0. The Bertz CT molecular complexity index is 1010. The highest BCUT2D eigenvalue weighted by Gasteiger charge is 2.29. The van der Waals surface area contributed by atoms with Crippen molar-refractivity contribution >= 4 is 34.2 Å². The molecule has 0 saturated carbocycles. The van der Waals surface area contributed by atoms with E-state index in [1.54, 1.807) is 26.0 Å². The standard InChI is InChI=1S/C24H29NO5S/c1-13(2)30-24(28)21-18-9-6-14(3)10-19(18)31-22(21)25-20(26)12-29-23(27)17-8-7-15(4)16(5)11-17/h7-8,11,13-14H,6,9-10,12H2,1-5H3,(H,25,26). The molecule has 1 atom stereocenters. The second-order valence-corrected chi connectivity index (χ2v) is 9.54. The number of rotatable bonds is 6. The number of fused-ring (bicyclic) bond motifs is 1. The summed E-state index contributed by atoms with van der Waals surface area (Å²) >= 11 is 1.41. The molecule has 0 aliphatic heterocycles. The molecule has 166 valence electrons. The van der Waals surface area contributed by atoms with E-state index in [1.807, 2.05) is 19.9 Å². The van der Waals surface area contributed by atoms with Crippen molar-refractivity contribution in [3.8, 4) is 0 Å². The molecule has 1 unspecified atom stereocenters. The van der Waals surface area contributed by atoms with E-state index in [2.05, 4.69) is 12.2 Å².